The third-order valence-electron chi connectivity index (χ3n) is 1.92. The van der Waals surface area contributed by atoms with Gasteiger partial charge in [-0.25, -0.2) is 4.98 Å². The van der Waals surface area contributed by atoms with Crippen molar-refractivity contribution in [3.05, 3.63) is 22.3 Å². The maximum Gasteiger partial charge on any atom is 0.213 e. The van der Waals surface area contributed by atoms with Crippen LogP contribution in [0.4, 0.5) is 0 Å². The normalized spacial score (nSPS) is 10.1. The molecule has 0 radical (unpaired) electrons. The minimum Gasteiger partial charge on any atom is -0.478 e. The van der Waals surface area contributed by atoms with Crippen LogP contribution >= 0.6 is 15.9 Å². The maximum absolute atomic E-state index is 10.7. The first-order valence-electron chi connectivity index (χ1n) is 4.85. The highest BCUT2D eigenvalue weighted by atomic mass is 79.9. The molecule has 1 rings (SSSR count). The van der Waals surface area contributed by atoms with Crippen molar-refractivity contribution in [1.82, 2.24) is 4.98 Å². The van der Waals surface area contributed by atoms with Crippen LogP contribution in [0.1, 0.15) is 25.5 Å². The number of hydrogen-bond acceptors (Lipinski definition) is 3. The van der Waals surface area contributed by atoms with Crippen LogP contribution in [0.5, 0.6) is 5.88 Å². The van der Waals surface area contributed by atoms with Crippen LogP contribution in [-0.4, -0.2) is 17.4 Å². The van der Waals surface area contributed by atoms with Crippen molar-refractivity contribution in [3.63, 3.8) is 0 Å². The van der Waals surface area contributed by atoms with Crippen LogP contribution in [0, 0.1) is 6.92 Å². The number of carbonyl (C=O) groups is 1. The Labute approximate surface area is 98.0 Å². The van der Waals surface area contributed by atoms with Crippen molar-refractivity contribution in [2.24, 2.45) is 0 Å². The highest BCUT2D eigenvalue weighted by Crippen LogP contribution is 2.17. The van der Waals surface area contributed by atoms with Gasteiger partial charge in [-0.05, 0) is 42.3 Å². The van der Waals surface area contributed by atoms with Crippen molar-refractivity contribution < 1.29 is 9.53 Å². The van der Waals surface area contributed by atoms with Crippen LogP contribution in [0.25, 0.3) is 0 Å². The molecular formula is C11H14BrNO2. The van der Waals surface area contributed by atoms with Gasteiger partial charge in [0.2, 0.25) is 5.88 Å². The summed E-state index contributed by atoms with van der Waals surface area (Å²) >= 11 is 3.37. The molecule has 1 aromatic heterocycles. The van der Waals surface area contributed by atoms with Gasteiger partial charge in [-0.15, -0.1) is 0 Å². The van der Waals surface area contributed by atoms with Gasteiger partial charge in [0, 0.05) is 17.0 Å². The SMILES string of the molecule is CC(=O)CCCOc1ccc(Br)c(C)n1. The summed E-state index contributed by atoms with van der Waals surface area (Å²) in [5.41, 5.74) is 0.902. The lowest BCUT2D eigenvalue weighted by atomic mass is 10.2. The molecule has 0 saturated heterocycles. The third kappa shape index (κ3) is 4.42. The Morgan fingerprint density at radius 1 is 1.53 bits per heavy atom. The number of aryl methyl sites for hydroxylation is 1. The molecule has 1 aromatic rings. The zero-order valence-electron chi connectivity index (χ0n) is 8.92. The van der Waals surface area contributed by atoms with E-state index < -0.39 is 0 Å². The Hall–Kier alpha value is -0.900. The van der Waals surface area contributed by atoms with Crippen LogP contribution in [0.15, 0.2) is 16.6 Å². The standard InChI is InChI=1S/C11H14BrNO2/c1-8(14)4-3-7-15-11-6-5-10(12)9(2)13-11/h5-6H,3-4,7H2,1-2H3. The number of halogens is 1. The van der Waals surface area contributed by atoms with Gasteiger partial charge >= 0.3 is 0 Å². The van der Waals surface area contributed by atoms with E-state index in [0.29, 0.717) is 18.9 Å². The molecule has 0 unspecified atom stereocenters. The van der Waals surface area contributed by atoms with E-state index in [1.807, 2.05) is 19.1 Å². The second-order valence-electron chi connectivity index (χ2n) is 3.37. The van der Waals surface area contributed by atoms with Crippen molar-refractivity contribution in [1.29, 1.82) is 0 Å². The molecular weight excluding hydrogens is 258 g/mol. The van der Waals surface area contributed by atoms with E-state index in [0.717, 1.165) is 16.6 Å². The first-order chi connectivity index (χ1) is 7.09. The van der Waals surface area contributed by atoms with Crippen molar-refractivity contribution >= 4 is 21.7 Å². The number of ketones is 1. The Bertz CT molecular complexity index is 352. The molecule has 0 saturated carbocycles. The number of Topliss-reactive ketones (excluding diaryl/α,β-unsaturated/α-hetero) is 1. The first-order valence-corrected chi connectivity index (χ1v) is 5.64. The molecule has 15 heavy (non-hydrogen) atoms. The number of rotatable bonds is 5. The van der Waals surface area contributed by atoms with Gasteiger partial charge in [-0.2, -0.15) is 0 Å². The maximum atomic E-state index is 10.7. The smallest absolute Gasteiger partial charge is 0.213 e. The van der Waals surface area contributed by atoms with Crippen LogP contribution < -0.4 is 4.74 Å². The molecule has 0 N–H and O–H groups in total. The second-order valence-corrected chi connectivity index (χ2v) is 4.23. The minimum absolute atomic E-state index is 0.193. The van der Waals surface area contributed by atoms with E-state index in [4.69, 9.17) is 4.74 Å². The predicted octanol–water partition coefficient (Wildman–Crippen LogP) is 2.90. The van der Waals surface area contributed by atoms with Crippen molar-refractivity contribution in [2.45, 2.75) is 26.7 Å². The van der Waals surface area contributed by atoms with Gasteiger partial charge in [-0.1, -0.05) is 0 Å². The molecule has 0 bridgehead atoms. The molecule has 1 heterocycles. The summed E-state index contributed by atoms with van der Waals surface area (Å²) in [7, 11) is 0. The summed E-state index contributed by atoms with van der Waals surface area (Å²) in [5.74, 6) is 0.804. The Morgan fingerprint density at radius 2 is 2.27 bits per heavy atom. The lowest BCUT2D eigenvalue weighted by Gasteiger charge is -2.05. The zero-order chi connectivity index (χ0) is 11.3. The summed E-state index contributed by atoms with van der Waals surface area (Å²) in [4.78, 5) is 14.9. The van der Waals surface area contributed by atoms with Crippen LogP contribution in [-0.2, 0) is 4.79 Å². The lowest BCUT2D eigenvalue weighted by Crippen LogP contribution is -2.02. The number of carbonyl (C=O) groups excluding carboxylic acids is 1. The van der Waals surface area contributed by atoms with Gasteiger partial charge in [0.25, 0.3) is 0 Å². The largest absolute Gasteiger partial charge is 0.478 e. The average Bonchev–Trinajstić information content (AvgIpc) is 2.18. The fraction of sp³-hybridized carbons (Fsp3) is 0.455. The topological polar surface area (TPSA) is 39.2 Å². The monoisotopic (exact) mass is 271 g/mol. The van der Waals surface area contributed by atoms with E-state index in [2.05, 4.69) is 20.9 Å². The van der Waals surface area contributed by atoms with E-state index in [-0.39, 0.29) is 5.78 Å². The Kier molecular flexibility index (Phi) is 4.75. The number of nitrogens with zero attached hydrogens (tertiary/aromatic N) is 1. The molecule has 0 aliphatic rings. The summed E-state index contributed by atoms with van der Waals surface area (Å²) in [6, 6.07) is 3.72. The van der Waals surface area contributed by atoms with Gasteiger partial charge in [0.15, 0.2) is 0 Å². The fourth-order valence-electron chi connectivity index (χ4n) is 1.10. The van der Waals surface area contributed by atoms with Crippen LogP contribution in [0.3, 0.4) is 0 Å². The Balaban J connectivity index is 2.38. The van der Waals surface area contributed by atoms with E-state index in [9.17, 15) is 4.79 Å². The molecule has 82 valence electrons. The van der Waals surface area contributed by atoms with E-state index >= 15 is 0 Å². The second kappa shape index (κ2) is 5.85. The van der Waals surface area contributed by atoms with E-state index in [1.165, 1.54) is 0 Å². The highest BCUT2D eigenvalue weighted by Gasteiger charge is 2.00. The fourth-order valence-corrected chi connectivity index (χ4v) is 1.32. The average molecular weight is 272 g/mol. The molecule has 0 aromatic carbocycles. The number of ether oxygens (including phenoxy) is 1. The quantitative estimate of drug-likeness (QED) is 0.774. The van der Waals surface area contributed by atoms with Gasteiger partial charge in [-0.3, -0.25) is 0 Å². The summed E-state index contributed by atoms with van der Waals surface area (Å²) in [6.07, 6.45) is 1.31. The molecule has 0 aliphatic heterocycles. The van der Waals surface area contributed by atoms with Gasteiger partial charge < -0.3 is 9.53 Å². The van der Waals surface area contributed by atoms with Crippen molar-refractivity contribution in [3.8, 4) is 5.88 Å². The Morgan fingerprint density at radius 3 is 2.87 bits per heavy atom. The molecule has 0 amide bonds. The van der Waals surface area contributed by atoms with Crippen LogP contribution in [0.2, 0.25) is 0 Å². The first kappa shape index (κ1) is 12.2. The number of pyridine rings is 1. The number of aromatic nitrogens is 1. The lowest BCUT2D eigenvalue weighted by molar-refractivity contribution is -0.117. The molecule has 0 aliphatic carbocycles. The highest BCUT2D eigenvalue weighted by molar-refractivity contribution is 9.10. The van der Waals surface area contributed by atoms with Gasteiger partial charge in [0.05, 0.1) is 12.3 Å². The summed E-state index contributed by atoms with van der Waals surface area (Å²) in [5, 5.41) is 0. The molecule has 4 heteroatoms. The molecule has 0 fully saturated rings. The summed E-state index contributed by atoms with van der Waals surface area (Å²) < 4.78 is 6.38. The molecule has 0 atom stereocenters. The zero-order valence-corrected chi connectivity index (χ0v) is 10.5. The van der Waals surface area contributed by atoms with Gasteiger partial charge in [0.1, 0.15) is 5.78 Å². The summed E-state index contributed by atoms with van der Waals surface area (Å²) in [6.45, 7) is 4.03. The molecule has 0 spiro atoms. The minimum atomic E-state index is 0.193. The van der Waals surface area contributed by atoms with E-state index in [1.54, 1.807) is 6.92 Å². The third-order valence-corrected chi connectivity index (χ3v) is 2.76. The van der Waals surface area contributed by atoms with Crippen molar-refractivity contribution in [2.75, 3.05) is 6.61 Å². The predicted molar refractivity (Wildman–Crippen MR) is 62.1 cm³/mol. The molecule has 3 nitrogen and oxygen atoms in total. The number of hydrogen-bond donors (Lipinski definition) is 0.